The molecule has 0 bridgehead atoms. The van der Waals surface area contributed by atoms with Crippen LogP contribution in [0.4, 0.5) is 0 Å². The lowest BCUT2D eigenvalue weighted by molar-refractivity contribution is 0.275. The quantitative estimate of drug-likeness (QED) is 0.529. The van der Waals surface area contributed by atoms with Gasteiger partial charge in [0.1, 0.15) is 0 Å². The van der Waals surface area contributed by atoms with Crippen LogP contribution in [-0.2, 0) is 4.74 Å². The molecule has 0 spiro atoms. The minimum atomic E-state index is 0.311. The number of epoxide rings is 1. The molecule has 2 aliphatic rings. The van der Waals surface area contributed by atoms with Crippen molar-refractivity contribution in [2.24, 2.45) is 11.8 Å². The summed E-state index contributed by atoms with van der Waals surface area (Å²) in [7, 11) is 0. The van der Waals surface area contributed by atoms with Gasteiger partial charge in [0.2, 0.25) is 0 Å². The van der Waals surface area contributed by atoms with Crippen LogP contribution in [0.5, 0.6) is 0 Å². The molecule has 0 N–H and O–H groups in total. The normalized spacial score (nSPS) is 49.1. The summed E-state index contributed by atoms with van der Waals surface area (Å²) in [6, 6.07) is 0. The molecule has 3 atom stereocenters. The summed E-state index contributed by atoms with van der Waals surface area (Å²) in [5.74, 6) is 1.78. The molecule has 1 heteroatoms. The van der Waals surface area contributed by atoms with Crippen LogP contribution < -0.4 is 0 Å². The van der Waals surface area contributed by atoms with Crippen LogP contribution >= 0.6 is 0 Å². The van der Waals surface area contributed by atoms with Crippen LogP contribution in [0.2, 0.25) is 0 Å². The van der Waals surface area contributed by atoms with Crippen molar-refractivity contribution >= 4 is 0 Å². The summed E-state index contributed by atoms with van der Waals surface area (Å²) in [5, 5.41) is 0. The Hall–Kier alpha value is -0.0400. The van der Waals surface area contributed by atoms with Crippen molar-refractivity contribution < 1.29 is 4.74 Å². The van der Waals surface area contributed by atoms with Gasteiger partial charge in [0.15, 0.2) is 0 Å². The van der Waals surface area contributed by atoms with E-state index in [1.165, 1.54) is 19.3 Å². The average molecular weight is 154 g/mol. The Morgan fingerprint density at radius 3 is 2.73 bits per heavy atom. The van der Waals surface area contributed by atoms with Gasteiger partial charge >= 0.3 is 0 Å². The zero-order valence-corrected chi connectivity index (χ0v) is 7.76. The molecule has 0 aromatic carbocycles. The van der Waals surface area contributed by atoms with Gasteiger partial charge in [-0.3, -0.25) is 0 Å². The molecule has 1 aliphatic heterocycles. The van der Waals surface area contributed by atoms with E-state index in [0.29, 0.717) is 11.7 Å². The molecular weight excluding hydrogens is 136 g/mol. The first-order valence-electron chi connectivity index (χ1n) is 4.79. The van der Waals surface area contributed by atoms with Gasteiger partial charge in [-0.15, -0.1) is 0 Å². The van der Waals surface area contributed by atoms with E-state index in [1.54, 1.807) is 0 Å². The smallest absolute Gasteiger partial charge is 0.0920 e. The summed E-state index contributed by atoms with van der Waals surface area (Å²) in [4.78, 5) is 0. The molecule has 11 heavy (non-hydrogen) atoms. The van der Waals surface area contributed by atoms with E-state index in [2.05, 4.69) is 20.8 Å². The molecule has 2 fully saturated rings. The maximum Gasteiger partial charge on any atom is 0.0920 e. The number of fused-ring (bicyclic) bond motifs is 1. The number of ether oxygens (including phenoxy) is 1. The van der Waals surface area contributed by atoms with Crippen LogP contribution in [0.15, 0.2) is 0 Å². The molecule has 0 aromatic heterocycles. The Bertz CT molecular complexity index is 164. The molecule has 1 saturated heterocycles. The zero-order valence-electron chi connectivity index (χ0n) is 7.76. The summed E-state index contributed by atoms with van der Waals surface area (Å²) in [5.41, 5.74) is 0.311. The largest absolute Gasteiger partial charge is 0.366 e. The third-order valence-electron chi connectivity index (χ3n) is 3.51. The fraction of sp³-hybridized carbons (Fsp3) is 1.00. The van der Waals surface area contributed by atoms with Crippen LogP contribution in [0, 0.1) is 11.8 Å². The number of hydrogen-bond donors (Lipinski definition) is 0. The van der Waals surface area contributed by atoms with E-state index in [-0.39, 0.29) is 0 Å². The Kier molecular flexibility index (Phi) is 1.54. The molecule has 1 saturated carbocycles. The predicted octanol–water partition coefficient (Wildman–Crippen LogP) is 2.60. The first kappa shape index (κ1) is 7.60. The molecule has 0 amide bonds. The average Bonchev–Trinajstić information content (AvgIpc) is 2.58. The monoisotopic (exact) mass is 154 g/mol. The van der Waals surface area contributed by atoms with Gasteiger partial charge in [-0.05, 0) is 38.0 Å². The van der Waals surface area contributed by atoms with E-state index in [0.717, 1.165) is 11.8 Å². The molecule has 1 unspecified atom stereocenters. The Balaban J connectivity index is 1.93. The Morgan fingerprint density at radius 2 is 2.18 bits per heavy atom. The van der Waals surface area contributed by atoms with Gasteiger partial charge < -0.3 is 4.74 Å². The highest BCUT2D eigenvalue weighted by Crippen LogP contribution is 2.50. The van der Waals surface area contributed by atoms with Crippen LogP contribution in [0.25, 0.3) is 0 Å². The second-order valence-electron chi connectivity index (χ2n) is 4.70. The highest BCUT2D eigenvalue weighted by Gasteiger charge is 2.55. The van der Waals surface area contributed by atoms with Crippen molar-refractivity contribution in [2.75, 3.05) is 0 Å². The predicted molar refractivity (Wildman–Crippen MR) is 45.5 cm³/mol. The van der Waals surface area contributed by atoms with Crippen LogP contribution in [0.1, 0.15) is 40.0 Å². The fourth-order valence-corrected chi connectivity index (χ4v) is 2.28. The van der Waals surface area contributed by atoms with E-state index < -0.39 is 0 Å². The van der Waals surface area contributed by atoms with E-state index in [4.69, 9.17) is 4.74 Å². The standard InChI is InChI=1S/C10H18O/c1-7(2)8-4-5-10(3)9(6-8)11-10/h7-9H,4-6H2,1-3H3/t8-,9?,10+/m1/s1. The van der Waals surface area contributed by atoms with Crippen LogP contribution in [-0.4, -0.2) is 11.7 Å². The summed E-state index contributed by atoms with van der Waals surface area (Å²) < 4.78 is 5.65. The molecule has 0 aromatic rings. The number of hydrogen-bond acceptors (Lipinski definition) is 1. The third kappa shape index (κ3) is 1.20. The van der Waals surface area contributed by atoms with Crippen molar-refractivity contribution in [2.45, 2.75) is 51.7 Å². The summed E-state index contributed by atoms with van der Waals surface area (Å²) in [6.07, 6.45) is 4.60. The lowest BCUT2D eigenvalue weighted by Crippen LogP contribution is -2.24. The SMILES string of the molecule is CC(C)[C@@H]1CC[C@]2(C)OC2C1. The Morgan fingerprint density at radius 1 is 1.45 bits per heavy atom. The lowest BCUT2D eigenvalue weighted by Gasteiger charge is -2.25. The highest BCUT2D eigenvalue weighted by atomic mass is 16.6. The van der Waals surface area contributed by atoms with Crippen molar-refractivity contribution in [3.8, 4) is 0 Å². The molecular formula is C10H18O. The maximum atomic E-state index is 5.65. The lowest BCUT2D eigenvalue weighted by atomic mass is 9.78. The van der Waals surface area contributed by atoms with Gasteiger partial charge in [0.25, 0.3) is 0 Å². The fourth-order valence-electron chi connectivity index (χ4n) is 2.28. The molecule has 1 nitrogen and oxygen atoms in total. The van der Waals surface area contributed by atoms with Gasteiger partial charge in [-0.2, -0.15) is 0 Å². The van der Waals surface area contributed by atoms with Crippen LogP contribution in [0.3, 0.4) is 0 Å². The van der Waals surface area contributed by atoms with Crippen molar-refractivity contribution in [1.82, 2.24) is 0 Å². The molecule has 2 rings (SSSR count). The second-order valence-corrected chi connectivity index (χ2v) is 4.70. The van der Waals surface area contributed by atoms with Gasteiger partial charge in [-0.1, -0.05) is 13.8 Å². The van der Waals surface area contributed by atoms with E-state index in [9.17, 15) is 0 Å². The Labute approximate surface area is 69.1 Å². The summed E-state index contributed by atoms with van der Waals surface area (Å²) in [6.45, 7) is 6.92. The van der Waals surface area contributed by atoms with E-state index >= 15 is 0 Å². The minimum Gasteiger partial charge on any atom is -0.366 e. The van der Waals surface area contributed by atoms with Crippen molar-refractivity contribution in [3.63, 3.8) is 0 Å². The first-order valence-corrected chi connectivity index (χ1v) is 4.79. The van der Waals surface area contributed by atoms with Crippen molar-refractivity contribution in [1.29, 1.82) is 0 Å². The topological polar surface area (TPSA) is 12.5 Å². The van der Waals surface area contributed by atoms with Gasteiger partial charge in [0, 0.05) is 0 Å². The van der Waals surface area contributed by atoms with Gasteiger partial charge in [-0.25, -0.2) is 0 Å². The highest BCUT2D eigenvalue weighted by molar-refractivity contribution is 5.03. The summed E-state index contributed by atoms with van der Waals surface area (Å²) >= 11 is 0. The molecule has 0 radical (unpaired) electrons. The zero-order chi connectivity index (χ0) is 8.06. The maximum absolute atomic E-state index is 5.65. The second kappa shape index (κ2) is 2.22. The third-order valence-corrected chi connectivity index (χ3v) is 3.51. The minimum absolute atomic E-state index is 0.311. The molecule has 1 aliphatic carbocycles. The molecule has 64 valence electrons. The van der Waals surface area contributed by atoms with E-state index in [1.807, 2.05) is 0 Å². The molecule has 1 heterocycles. The van der Waals surface area contributed by atoms with Crippen molar-refractivity contribution in [3.05, 3.63) is 0 Å². The number of rotatable bonds is 1. The first-order chi connectivity index (χ1) is 5.12. The van der Waals surface area contributed by atoms with Gasteiger partial charge in [0.05, 0.1) is 11.7 Å².